The van der Waals surface area contributed by atoms with E-state index in [0.717, 1.165) is 11.6 Å². The van der Waals surface area contributed by atoms with E-state index in [4.69, 9.17) is 37.5 Å². The number of nitrogens with zero attached hydrogens (tertiary/aromatic N) is 2. The maximum atomic E-state index is 14.4. The summed E-state index contributed by atoms with van der Waals surface area (Å²) in [5.74, 6) is -0.906. The van der Waals surface area contributed by atoms with Gasteiger partial charge in [-0.25, -0.2) is 9.37 Å². The Balaban J connectivity index is 1.56. The first-order valence-electron chi connectivity index (χ1n) is 8.63. The highest BCUT2D eigenvalue weighted by molar-refractivity contribution is 6.33. The second kappa shape index (κ2) is 8.84. The average Bonchev–Trinajstić information content (AvgIpc) is 3.11. The van der Waals surface area contributed by atoms with Gasteiger partial charge >= 0.3 is 0 Å². The Bertz CT molecular complexity index is 908. The maximum absolute atomic E-state index is 14.4. The van der Waals surface area contributed by atoms with Crippen molar-refractivity contribution >= 4 is 28.9 Å². The molecule has 0 spiro atoms. The predicted octanol–water partition coefficient (Wildman–Crippen LogP) is 4.90. The molecule has 0 bridgehead atoms. The highest BCUT2D eigenvalue weighted by Crippen LogP contribution is 2.38. The van der Waals surface area contributed by atoms with Gasteiger partial charge in [0.1, 0.15) is 16.9 Å². The van der Waals surface area contributed by atoms with E-state index in [9.17, 15) is 9.50 Å². The van der Waals surface area contributed by atoms with Gasteiger partial charge in [-0.1, -0.05) is 28.4 Å². The highest BCUT2D eigenvalue weighted by Gasteiger charge is 2.29. The van der Waals surface area contributed by atoms with Crippen molar-refractivity contribution in [3.05, 3.63) is 45.3 Å². The van der Waals surface area contributed by atoms with Crippen molar-refractivity contribution in [3.63, 3.8) is 0 Å². The number of oxime groups is 1. The molecule has 0 aliphatic carbocycles. The summed E-state index contributed by atoms with van der Waals surface area (Å²) in [5, 5.41) is 14.2. The van der Waals surface area contributed by atoms with Crippen LogP contribution in [0.25, 0.3) is 0 Å². The number of hydrogen-bond donors (Lipinski definition) is 1. The van der Waals surface area contributed by atoms with E-state index in [1.807, 2.05) is 6.92 Å². The fourth-order valence-corrected chi connectivity index (χ4v) is 3.44. The van der Waals surface area contributed by atoms with Gasteiger partial charge in [0.05, 0.1) is 30.0 Å². The number of ether oxygens (including phenoxy) is 2. The second-order valence-electron chi connectivity index (χ2n) is 6.36. The molecule has 2 aromatic rings. The van der Waals surface area contributed by atoms with Gasteiger partial charge in [-0.2, -0.15) is 0 Å². The van der Waals surface area contributed by atoms with Crippen LogP contribution in [0.1, 0.15) is 30.4 Å². The molecule has 28 heavy (non-hydrogen) atoms. The number of phenolic OH excluding ortho intramolecular Hbond substituents is 1. The molecule has 1 N–H and O–H groups in total. The number of halogens is 3. The normalized spacial score (nSPS) is 15.9. The Kier molecular flexibility index (Phi) is 6.46. The number of aryl methyl sites for hydroxylation is 1. The van der Waals surface area contributed by atoms with Crippen molar-refractivity contribution in [3.8, 4) is 17.4 Å². The Hall–Kier alpha value is -2.25. The van der Waals surface area contributed by atoms with E-state index in [2.05, 4.69) is 10.1 Å². The quantitative estimate of drug-likeness (QED) is 0.634. The van der Waals surface area contributed by atoms with Crippen LogP contribution in [-0.4, -0.2) is 35.6 Å². The van der Waals surface area contributed by atoms with Gasteiger partial charge in [0.2, 0.25) is 5.88 Å². The highest BCUT2D eigenvalue weighted by atomic mass is 35.5. The number of rotatable bonds is 7. The van der Waals surface area contributed by atoms with Crippen molar-refractivity contribution in [1.82, 2.24) is 4.98 Å². The number of hydrogen-bond acceptors (Lipinski definition) is 6. The summed E-state index contributed by atoms with van der Waals surface area (Å²) in [5.41, 5.74) is 1.30. The molecule has 1 aliphatic rings. The van der Waals surface area contributed by atoms with E-state index >= 15 is 0 Å². The van der Waals surface area contributed by atoms with E-state index in [1.165, 1.54) is 7.11 Å². The minimum atomic E-state index is -0.840. The van der Waals surface area contributed by atoms with Gasteiger partial charge in [-0.05, 0) is 31.4 Å². The maximum Gasteiger partial charge on any atom is 0.232 e. The molecule has 0 saturated heterocycles. The third-order valence-corrected chi connectivity index (χ3v) is 4.78. The summed E-state index contributed by atoms with van der Waals surface area (Å²) in [7, 11) is 1.37. The standard InChI is InChI=1S/C19H19Cl2FN2O4/c1-10-6-13(21)19(23-9-10)27-5-3-4-11-7-14(24-28-11)16-17(22)15(25)8-12(20)18(16)26-2/h6,8-9,11,25H,3-5,7H2,1-2H3. The first-order chi connectivity index (χ1) is 13.4. The molecule has 1 aliphatic heterocycles. The number of phenols is 1. The lowest BCUT2D eigenvalue weighted by Crippen LogP contribution is -2.12. The summed E-state index contributed by atoms with van der Waals surface area (Å²) in [4.78, 5) is 9.53. The number of pyridine rings is 1. The first kappa shape index (κ1) is 20.5. The van der Waals surface area contributed by atoms with Gasteiger partial charge in [-0.3, -0.25) is 0 Å². The molecule has 1 unspecified atom stereocenters. The van der Waals surface area contributed by atoms with Crippen molar-refractivity contribution < 1.29 is 23.8 Å². The lowest BCUT2D eigenvalue weighted by molar-refractivity contribution is 0.0740. The predicted molar refractivity (Wildman–Crippen MR) is 104 cm³/mol. The van der Waals surface area contributed by atoms with Crippen LogP contribution in [0, 0.1) is 12.7 Å². The molecule has 150 valence electrons. The largest absolute Gasteiger partial charge is 0.505 e. The summed E-state index contributed by atoms with van der Waals surface area (Å²) in [6, 6.07) is 2.88. The minimum absolute atomic E-state index is 0.0156. The van der Waals surface area contributed by atoms with Crippen molar-refractivity contribution in [2.75, 3.05) is 13.7 Å². The van der Waals surface area contributed by atoms with Crippen LogP contribution in [0.5, 0.6) is 17.4 Å². The van der Waals surface area contributed by atoms with Crippen molar-refractivity contribution in [2.24, 2.45) is 5.16 Å². The molecule has 0 fully saturated rings. The van der Waals surface area contributed by atoms with Crippen LogP contribution in [-0.2, 0) is 4.84 Å². The van der Waals surface area contributed by atoms with Crippen LogP contribution in [0.2, 0.25) is 10.0 Å². The topological polar surface area (TPSA) is 73.2 Å². The zero-order chi connectivity index (χ0) is 20.3. The molecule has 1 aromatic heterocycles. The Morgan fingerprint density at radius 1 is 1.32 bits per heavy atom. The summed E-state index contributed by atoms with van der Waals surface area (Å²) in [6.07, 6.45) is 3.10. The summed E-state index contributed by atoms with van der Waals surface area (Å²) < 4.78 is 25.2. The lowest BCUT2D eigenvalue weighted by Gasteiger charge is -2.12. The summed E-state index contributed by atoms with van der Waals surface area (Å²) in [6.45, 7) is 2.30. The smallest absolute Gasteiger partial charge is 0.232 e. The summed E-state index contributed by atoms with van der Waals surface area (Å²) >= 11 is 12.1. The first-order valence-corrected chi connectivity index (χ1v) is 9.39. The molecular weight excluding hydrogens is 410 g/mol. The Morgan fingerprint density at radius 3 is 2.82 bits per heavy atom. The zero-order valence-corrected chi connectivity index (χ0v) is 16.8. The average molecular weight is 429 g/mol. The van der Waals surface area contributed by atoms with Crippen LogP contribution in [0.15, 0.2) is 23.5 Å². The van der Waals surface area contributed by atoms with E-state index in [1.54, 1.807) is 12.3 Å². The molecular formula is C19H19Cl2FN2O4. The Labute approximate surface area is 171 Å². The van der Waals surface area contributed by atoms with Crippen LogP contribution >= 0.6 is 23.2 Å². The number of aromatic hydroxyl groups is 1. The van der Waals surface area contributed by atoms with Gasteiger partial charge in [0.15, 0.2) is 11.6 Å². The minimum Gasteiger partial charge on any atom is -0.505 e. The molecule has 0 saturated carbocycles. The molecule has 1 atom stereocenters. The lowest BCUT2D eigenvalue weighted by atomic mass is 10.0. The van der Waals surface area contributed by atoms with Crippen LogP contribution < -0.4 is 9.47 Å². The number of methoxy groups -OCH3 is 1. The third-order valence-electron chi connectivity index (χ3n) is 4.23. The molecule has 2 heterocycles. The molecule has 9 heteroatoms. The van der Waals surface area contributed by atoms with Gasteiger partial charge < -0.3 is 19.4 Å². The van der Waals surface area contributed by atoms with E-state index in [0.29, 0.717) is 42.5 Å². The zero-order valence-electron chi connectivity index (χ0n) is 15.3. The van der Waals surface area contributed by atoms with Crippen LogP contribution in [0.3, 0.4) is 0 Å². The number of benzene rings is 1. The molecule has 6 nitrogen and oxygen atoms in total. The molecule has 1 aromatic carbocycles. The third kappa shape index (κ3) is 4.42. The van der Waals surface area contributed by atoms with E-state index < -0.39 is 11.6 Å². The van der Waals surface area contributed by atoms with Crippen molar-refractivity contribution in [1.29, 1.82) is 0 Å². The molecule has 3 rings (SSSR count). The van der Waals surface area contributed by atoms with Crippen LogP contribution in [0.4, 0.5) is 4.39 Å². The molecule has 0 amide bonds. The van der Waals surface area contributed by atoms with Gasteiger partial charge in [-0.15, -0.1) is 0 Å². The monoisotopic (exact) mass is 428 g/mol. The van der Waals surface area contributed by atoms with Gasteiger partial charge in [0, 0.05) is 18.7 Å². The number of aromatic nitrogens is 1. The Morgan fingerprint density at radius 2 is 2.11 bits per heavy atom. The fraction of sp³-hybridized carbons (Fsp3) is 0.368. The van der Waals surface area contributed by atoms with Crippen molar-refractivity contribution in [2.45, 2.75) is 32.3 Å². The fourth-order valence-electron chi connectivity index (χ4n) is 2.89. The SMILES string of the molecule is COc1c(Cl)cc(O)c(F)c1C1=NOC(CCCOc2ncc(C)cc2Cl)C1. The van der Waals surface area contributed by atoms with Gasteiger partial charge in [0.25, 0.3) is 0 Å². The second-order valence-corrected chi connectivity index (χ2v) is 7.17. The molecule has 0 radical (unpaired) electrons. The van der Waals surface area contributed by atoms with E-state index in [-0.39, 0.29) is 22.4 Å².